The second-order valence-electron chi connectivity index (χ2n) is 4.96. The molecule has 22 heavy (non-hydrogen) atoms. The van der Waals surface area contributed by atoms with Gasteiger partial charge in [-0.25, -0.2) is 8.78 Å². The molecule has 3 nitrogen and oxygen atoms in total. The number of amides is 1. The lowest BCUT2D eigenvalue weighted by molar-refractivity contribution is 0.0956. The summed E-state index contributed by atoms with van der Waals surface area (Å²) in [5.41, 5.74) is 2.40. The summed E-state index contributed by atoms with van der Waals surface area (Å²) in [7, 11) is 0. The normalized spacial score (nSPS) is 10.4. The molecular formula is C17H18F2N2O. The number of nitrogens with one attached hydrogen (secondary N) is 2. The zero-order valence-electron chi connectivity index (χ0n) is 12.5. The molecule has 0 aliphatic carbocycles. The van der Waals surface area contributed by atoms with Gasteiger partial charge in [0, 0.05) is 29.9 Å². The Balaban J connectivity index is 2.17. The molecule has 0 unspecified atom stereocenters. The van der Waals surface area contributed by atoms with E-state index in [-0.39, 0.29) is 18.0 Å². The quantitative estimate of drug-likeness (QED) is 0.885. The van der Waals surface area contributed by atoms with Gasteiger partial charge in [0.25, 0.3) is 5.91 Å². The maximum Gasteiger partial charge on any atom is 0.251 e. The summed E-state index contributed by atoms with van der Waals surface area (Å²) in [5, 5.41) is 5.77. The fraction of sp³-hybridized carbons (Fsp3) is 0.235. The zero-order valence-corrected chi connectivity index (χ0v) is 12.5. The van der Waals surface area contributed by atoms with E-state index >= 15 is 0 Å². The van der Waals surface area contributed by atoms with Crippen LogP contribution in [0, 0.1) is 18.6 Å². The minimum absolute atomic E-state index is 0.142. The average Bonchev–Trinajstić information content (AvgIpc) is 2.50. The molecule has 2 aromatic carbocycles. The molecule has 0 aliphatic rings. The summed E-state index contributed by atoms with van der Waals surface area (Å²) < 4.78 is 26.8. The second kappa shape index (κ2) is 7.02. The number of aryl methyl sites for hydroxylation is 1. The summed E-state index contributed by atoms with van der Waals surface area (Å²) in [6.07, 6.45) is 0. The number of carbonyl (C=O) groups is 1. The summed E-state index contributed by atoms with van der Waals surface area (Å²) in [6.45, 7) is 4.41. The van der Waals surface area contributed by atoms with Crippen LogP contribution in [-0.2, 0) is 6.54 Å². The van der Waals surface area contributed by atoms with Crippen molar-refractivity contribution in [3.8, 4) is 0 Å². The monoisotopic (exact) mass is 304 g/mol. The van der Waals surface area contributed by atoms with Gasteiger partial charge in [0.2, 0.25) is 0 Å². The van der Waals surface area contributed by atoms with Gasteiger partial charge in [-0.05, 0) is 37.6 Å². The molecule has 0 aliphatic heterocycles. The van der Waals surface area contributed by atoms with Crippen molar-refractivity contribution in [3.63, 3.8) is 0 Å². The van der Waals surface area contributed by atoms with Crippen LogP contribution < -0.4 is 10.6 Å². The Morgan fingerprint density at radius 3 is 2.68 bits per heavy atom. The van der Waals surface area contributed by atoms with Gasteiger partial charge in [0.15, 0.2) is 11.6 Å². The van der Waals surface area contributed by atoms with Crippen LogP contribution in [0.2, 0.25) is 0 Å². The summed E-state index contributed by atoms with van der Waals surface area (Å²) in [4.78, 5) is 11.8. The maximum atomic E-state index is 13.6. The molecule has 0 heterocycles. The third kappa shape index (κ3) is 3.61. The lowest BCUT2D eigenvalue weighted by Crippen LogP contribution is -2.22. The van der Waals surface area contributed by atoms with Gasteiger partial charge in [-0.3, -0.25) is 4.79 Å². The van der Waals surface area contributed by atoms with E-state index in [1.807, 2.05) is 19.9 Å². The molecule has 0 atom stereocenters. The molecule has 0 spiro atoms. The molecule has 2 rings (SSSR count). The number of hydrogen-bond acceptors (Lipinski definition) is 2. The largest absolute Gasteiger partial charge is 0.381 e. The highest BCUT2D eigenvalue weighted by Gasteiger charge is 2.10. The van der Waals surface area contributed by atoms with Crippen LogP contribution in [0.15, 0.2) is 36.4 Å². The molecule has 0 saturated heterocycles. The van der Waals surface area contributed by atoms with Crippen molar-refractivity contribution < 1.29 is 13.6 Å². The highest BCUT2D eigenvalue weighted by atomic mass is 19.2. The highest BCUT2D eigenvalue weighted by Crippen LogP contribution is 2.19. The molecule has 0 aromatic heterocycles. The van der Waals surface area contributed by atoms with E-state index < -0.39 is 11.6 Å². The van der Waals surface area contributed by atoms with Gasteiger partial charge in [-0.1, -0.05) is 18.2 Å². The van der Waals surface area contributed by atoms with Crippen molar-refractivity contribution in [2.75, 3.05) is 11.9 Å². The molecule has 0 radical (unpaired) electrons. The van der Waals surface area contributed by atoms with Crippen molar-refractivity contribution in [3.05, 3.63) is 64.7 Å². The Morgan fingerprint density at radius 1 is 1.18 bits per heavy atom. The standard InChI is InChI=1S/C17H18F2N2O/c1-3-20-17(22)12-8-7-11(2)15(9-12)21-10-13-5-4-6-14(18)16(13)19/h4-9,21H,3,10H2,1-2H3,(H,20,22). The topological polar surface area (TPSA) is 41.1 Å². The van der Waals surface area contributed by atoms with Gasteiger partial charge in [-0.15, -0.1) is 0 Å². The van der Waals surface area contributed by atoms with Crippen LogP contribution in [-0.4, -0.2) is 12.5 Å². The molecule has 2 N–H and O–H groups in total. The summed E-state index contributed by atoms with van der Waals surface area (Å²) in [6, 6.07) is 9.32. The van der Waals surface area contributed by atoms with Crippen LogP contribution in [0.5, 0.6) is 0 Å². The third-order valence-electron chi connectivity index (χ3n) is 3.34. The molecule has 2 aromatic rings. The summed E-state index contributed by atoms with van der Waals surface area (Å²) in [5.74, 6) is -1.89. The average molecular weight is 304 g/mol. The molecule has 5 heteroatoms. The van der Waals surface area contributed by atoms with Gasteiger partial charge >= 0.3 is 0 Å². The predicted octanol–water partition coefficient (Wildman–Crippen LogP) is 3.64. The van der Waals surface area contributed by atoms with E-state index in [0.717, 1.165) is 11.6 Å². The van der Waals surface area contributed by atoms with Crippen LogP contribution in [0.3, 0.4) is 0 Å². The van der Waals surface area contributed by atoms with Crippen LogP contribution in [0.4, 0.5) is 14.5 Å². The van der Waals surface area contributed by atoms with E-state index in [1.165, 1.54) is 12.1 Å². The maximum absolute atomic E-state index is 13.6. The number of benzene rings is 2. The van der Waals surface area contributed by atoms with E-state index in [2.05, 4.69) is 10.6 Å². The van der Waals surface area contributed by atoms with Gasteiger partial charge in [0.1, 0.15) is 0 Å². The Hall–Kier alpha value is -2.43. The SMILES string of the molecule is CCNC(=O)c1ccc(C)c(NCc2cccc(F)c2F)c1. The molecule has 0 fully saturated rings. The van der Waals surface area contributed by atoms with Crippen LogP contribution in [0.25, 0.3) is 0 Å². The number of hydrogen-bond donors (Lipinski definition) is 2. The van der Waals surface area contributed by atoms with Crippen molar-refractivity contribution in [1.29, 1.82) is 0 Å². The Bertz CT molecular complexity index is 686. The van der Waals surface area contributed by atoms with Gasteiger partial charge < -0.3 is 10.6 Å². The molecular weight excluding hydrogens is 286 g/mol. The third-order valence-corrected chi connectivity index (χ3v) is 3.34. The molecule has 0 saturated carbocycles. The van der Waals surface area contributed by atoms with Crippen molar-refractivity contribution in [2.24, 2.45) is 0 Å². The number of anilines is 1. The zero-order chi connectivity index (χ0) is 16.1. The lowest BCUT2D eigenvalue weighted by Gasteiger charge is -2.12. The summed E-state index contributed by atoms with van der Waals surface area (Å²) >= 11 is 0. The first-order valence-electron chi connectivity index (χ1n) is 7.08. The molecule has 116 valence electrons. The van der Waals surface area contributed by atoms with Crippen LogP contribution >= 0.6 is 0 Å². The Morgan fingerprint density at radius 2 is 1.95 bits per heavy atom. The number of rotatable bonds is 5. The Labute approximate surface area is 128 Å². The van der Waals surface area contributed by atoms with E-state index in [1.54, 1.807) is 12.1 Å². The van der Waals surface area contributed by atoms with E-state index in [4.69, 9.17) is 0 Å². The first-order valence-corrected chi connectivity index (χ1v) is 7.08. The second-order valence-corrected chi connectivity index (χ2v) is 4.96. The Kier molecular flexibility index (Phi) is 5.09. The minimum atomic E-state index is -0.868. The van der Waals surface area contributed by atoms with Gasteiger partial charge in [-0.2, -0.15) is 0 Å². The lowest BCUT2D eigenvalue weighted by atomic mass is 10.1. The fourth-order valence-corrected chi connectivity index (χ4v) is 2.09. The molecule has 0 bridgehead atoms. The molecule has 1 amide bonds. The number of halogens is 2. The van der Waals surface area contributed by atoms with E-state index in [0.29, 0.717) is 17.8 Å². The van der Waals surface area contributed by atoms with Crippen molar-refractivity contribution >= 4 is 11.6 Å². The van der Waals surface area contributed by atoms with Crippen molar-refractivity contribution in [1.82, 2.24) is 5.32 Å². The number of carbonyl (C=O) groups excluding carboxylic acids is 1. The first kappa shape index (κ1) is 15.9. The first-order chi connectivity index (χ1) is 10.5. The smallest absolute Gasteiger partial charge is 0.251 e. The van der Waals surface area contributed by atoms with E-state index in [9.17, 15) is 13.6 Å². The van der Waals surface area contributed by atoms with Crippen molar-refractivity contribution in [2.45, 2.75) is 20.4 Å². The van der Waals surface area contributed by atoms with Gasteiger partial charge in [0.05, 0.1) is 0 Å². The minimum Gasteiger partial charge on any atom is -0.381 e. The fourth-order valence-electron chi connectivity index (χ4n) is 2.09. The highest BCUT2D eigenvalue weighted by molar-refractivity contribution is 5.95. The van der Waals surface area contributed by atoms with Crippen LogP contribution in [0.1, 0.15) is 28.4 Å². The predicted molar refractivity (Wildman–Crippen MR) is 82.9 cm³/mol.